The van der Waals surface area contributed by atoms with Gasteiger partial charge in [-0.2, -0.15) is 0 Å². The van der Waals surface area contributed by atoms with Gasteiger partial charge < -0.3 is 11.1 Å². The van der Waals surface area contributed by atoms with Crippen LogP contribution in [0, 0.1) is 5.92 Å². The highest BCUT2D eigenvalue weighted by Gasteiger charge is 2.07. The number of nitrogens with one attached hydrogen (secondary N) is 1. The Labute approximate surface area is 80.4 Å². The van der Waals surface area contributed by atoms with Crippen LogP contribution in [0.5, 0.6) is 0 Å². The number of carbonyl (C=O) groups is 1. The molecule has 0 spiro atoms. The number of rotatable bonds is 4. The molecule has 13 heavy (non-hydrogen) atoms. The number of carbonyl (C=O) groups excluding carboxylic acids is 1. The van der Waals surface area contributed by atoms with Crippen LogP contribution < -0.4 is 11.1 Å². The Kier molecular flexibility index (Phi) is 5.39. The Morgan fingerprint density at radius 2 is 2.00 bits per heavy atom. The summed E-state index contributed by atoms with van der Waals surface area (Å²) in [7, 11) is 0. The number of hydrogen-bond donors (Lipinski definition) is 2. The van der Waals surface area contributed by atoms with Crippen molar-refractivity contribution >= 4 is 5.91 Å². The van der Waals surface area contributed by atoms with Gasteiger partial charge in [-0.15, -0.1) is 0 Å². The van der Waals surface area contributed by atoms with Crippen LogP contribution in [0.1, 0.15) is 27.7 Å². The van der Waals surface area contributed by atoms with Gasteiger partial charge in [-0.3, -0.25) is 4.79 Å². The number of allylic oxidation sites excluding steroid dienone is 1. The lowest BCUT2D eigenvalue weighted by atomic mass is 10.1. The van der Waals surface area contributed by atoms with Gasteiger partial charge in [0, 0.05) is 18.7 Å². The van der Waals surface area contributed by atoms with E-state index in [1.54, 1.807) is 6.08 Å². The van der Waals surface area contributed by atoms with E-state index in [1.807, 2.05) is 27.7 Å². The molecule has 0 rings (SSSR count). The van der Waals surface area contributed by atoms with Crippen LogP contribution in [0.2, 0.25) is 0 Å². The molecule has 0 aliphatic heterocycles. The van der Waals surface area contributed by atoms with Gasteiger partial charge >= 0.3 is 0 Å². The van der Waals surface area contributed by atoms with Gasteiger partial charge in [0.2, 0.25) is 5.91 Å². The fraction of sp³-hybridized carbons (Fsp3) is 0.700. The summed E-state index contributed by atoms with van der Waals surface area (Å²) in [5, 5.41) is 2.75. The van der Waals surface area contributed by atoms with E-state index in [0.29, 0.717) is 12.5 Å². The SMILES string of the molecule is CC(C)=CC(=O)NCC(N)C(C)C. The smallest absolute Gasteiger partial charge is 0.243 e. The Hall–Kier alpha value is -0.830. The minimum Gasteiger partial charge on any atom is -0.351 e. The first-order valence-corrected chi connectivity index (χ1v) is 4.61. The average molecular weight is 184 g/mol. The largest absolute Gasteiger partial charge is 0.351 e. The maximum absolute atomic E-state index is 11.1. The molecule has 0 aromatic heterocycles. The maximum atomic E-state index is 11.1. The molecule has 76 valence electrons. The van der Waals surface area contributed by atoms with Gasteiger partial charge in [0.25, 0.3) is 0 Å². The molecule has 0 aliphatic rings. The molecule has 0 fully saturated rings. The van der Waals surface area contributed by atoms with Crippen molar-refractivity contribution < 1.29 is 4.79 Å². The second-order valence-corrected chi connectivity index (χ2v) is 3.87. The van der Waals surface area contributed by atoms with Crippen molar-refractivity contribution in [3.63, 3.8) is 0 Å². The van der Waals surface area contributed by atoms with Crippen molar-refractivity contribution in [3.8, 4) is 0 Å². The number of nitrogens with two attached hydrogens (primary N) is 1. The van der Waals surface area contributed by atoms with E-state index in [0.717, 1.165) is 5.57 Å². The average Bonchev–Trinajstić information content (AvgIpc) is 1.98. The number of hydrogen-bond acceptors (Lipinski definition) is 2. The van der Waals surface area contributed by atoms with Crippen LogP contribution >= 0.6 is 0 Å². The highest BCUT2D eigenvalue weighted by atomic mass is 16.1. The van der Waals surface area contributed by atoms with Gasteiger partial charge in [-0.1, -0.05) is 19.4 Å². The molecule has 0 bridgehead atoms. The predicted molar refractivity (Wildman–Crippen MR) is 55.3 cm³/mol. The van der Waals surface area contributed by atoms with Crippen molar-refractivity contribution in [1.29, 1.82) is 0 Å². The Morgan fingerprint density at radius 3 is 2.38 bits per heavy atom. The molecule has 3 heteroatoms. The molecule has 0 aromatic rings. The van der Waals surface area contributed by atoms with Crippen LogP contribution in [0.3, 0.4) is 0 Å². The fourth-order valence-electron chi connectivity index (χ4n) is 0.767. The summed E-state index contributed by atoms with van der Waals surface area (Å²) < 4.78 is 0. The van der Waals surface area contributed by atoms with Crippen molar-refractivity contribution in [2.75, 3.05) is 6.54 Å². The van der Waals surface area contributed by atoms with Gasteiger partial charge in [0.05, 0.1) is 0 Å². The van der Waals surface area contributed by atoms with Gasteiger partial charge in [0.1, 0.15) is 0 Å². The zero-order valence-corrected chi connectivity index (χ0v) is 8.92. The second-order valence-electron chi connectivity index (χ2n) is 3.87. The summed E-state index contributed by atoms with van der Waals surface area (Å²) in [5.74, 6) is 0.336. The molecule has 0 saturated carbocycles. The van der Waals surface area contributed by atoms with Crippen molar-refractivity contribution in [3.05, 3.63) is 11.6 Å². The third-order valence-electron chi connectivity index (χ3n) is 1.79. The summed E-state index contributed by atoms with van der Waals surface area (Å²) in [6, 6.07) is 0.0366. The molecule has 3 N–H and O–H groups in total. The maximum Gasteiger partial charge on any atom is 0.243 e. The molecule has 0 radical (unpaired) electrons. The molecule has 0 saturated heterocycles. The van der Waals surface area contributed by atoms with Crippen LogP contribution in [-0.2, 0) is 4.79 Å². The Bertz CT molecular complexity index is 193. The normalized spacial score (nSPS) is 12.5. The van der Waals surface area contributed by atoms with Crippen LogP contribution in [0.15, 0.2) is 11.6 Å². The van der Waals surface area contributed by atoms with Crippen molar-refractivity contribution in [2.45, 2.75) is 33.7 Å². The van der Waals surface area contributed by atoms with Crippen molar-refractivity contribution in [1.82, 2.24) is 5.32 Å². The summed E-state index contributed by atoms with van der Waals surface area (Å²) in [4.78, 5) is 11.1. The van der Waals surface area contributed by atoms with E-state index in [2.05, 4.69) is 5.32 Å². The molecular formula is C10H20N2O. The van der Waals surface area contributed by atoms with Crippen LogP contribution in [-0.4, -0.2) is 18.5 Å². The first-order chi connectivity index (χ1) is 5.93. The van der Waals surface area contributed by atoms with E-state index in [9.17, 15) is 4.79 Å². The minimum absolute atomic E-state index is 0.0366. The lowest BCUT2D eigenvalue weighted by Crippen LogP contribution is -2.39. The highest BCUT2D eigenvalue weighted by molar-refractivity contribution is 5.88. The lowest BCUT2D eigenvalue weighted by Gasteiger charge is -2.15. The topological polar surface area (TPSA) is 55.1 Å². The molecule has 1 amide bonds. The van der Waals surface area contributed by atoms with Gasteiger partial charge in [0.15, 0.2) is 0 Å². The van der Waals surface area contributed by atoms with E-state index in [4.69, 9.17) is 5.73 Å². The molecule has 0 aliphatic carbocycles. The lowest BCUT2D eigenvalue weighted by molar-refractivity contribution is -0.116. The van der Waals surface area contributed by atoms with E-state index < -0.39 is 0 Å². The minimum atomic E-state index is -0.0592. The standard InChI is InChI=1S/C10H20N2O/c1-7(2)5-10(13)12-6-9(11)8(3)4/h5,8-9H,6,11H2,1-4H3,(H,12,13). The first kappa shape index (κ1) is 12.2. The van der Waals surface area contributed by atoms with Gasteiger partial charge in [-0.05, 0) is 19.8 Å². The zero-order valence-electron chi connectivity index (χ0n) is 8.92. The molecule has 0 aromatic carbocycles. The summed E-state index contributed by atoms with van der Waals surface area (Å²) >= 11 is 0. The Morgan fingerprint density at radius 1 is 1.46 bits per heavy atom. The third-order valence-corrected chi connectivity index (χ3v) is 1.79. The second kappa shape index (κ2) is 5.75. The Balaban J connectivity index is 3.77. The zero-order chi connectivity index (χ0) is 10.4. The summed E-state index contributed by atoms with van der Waals surface area (Å²) in [6.07, 6.45) is 1.58. The van der Waals surface area contributed by atoms with E-state index in [1.165, 1.54) is 0 Å². The van der Waals surface area contributed by atoms with Crippen molar-refractivity contribution in [2.24, 2.45) is 11.7 Å². The molecule has 3 nitrogen and oxygen atoms in total. The predicted octanol–water partition coefficient (Wildman–Crippen LogP) is 1.05. The summed E-state index contributed by atoms with van der Waals surface area (Å²) in [5.41, 5.74) is 6.76. The van der Waals surface area contributed by atoms with Crippen LogP contribution in [0.25, 0.3) is 0 Å². The van der Waals surface area contributed by atoms with Gasteiger partial charge in [-0.25, -0.2) is 0 Å². The molecule has 0 heterocycles. The van der Waals surface area contributed by atoms with E-state index >= 15 is 0 Å². The monoisotopic (exact) mass is 184 g/mol. The highest BCUT2D eigenvalue weighted by Crippen LogP contribution is 1.96. The molecule has 1 atom stereocenters. The summed E-state index contributed by atoms with van der Waals surface area (Å²) in [6.45, 7) is 8.40. The molecular weight excluding hydrogens is 164 g/mol. The third kappa shape index (κ3) is 6.34. The molecule has 1 unspecified atom stereocenters. The quantitative estimate of drug-likeness (QED) is 0.642. The fourth-order valence-corrected chi connectivity index (χ4v) is 0.767. The van der Waals surface area contributed by atoms with Crippen LogP contribution in [0.4, 0.5) is 0 Å². The number of amides is 1. The first-order valence-electron chi connectivity index (χ1n) is 4.61. The van der Waals surface area contributed by atoms with E-state index in [-0.39, 0.29) is 11.9 Å².